The number of H-pyrrole nitrogens is 1. The summed E-state index contributed by atoms with van der Waals surface area (Å²) in [7, 11) is 0. The zero-order valence-electron chi connectivity index (χ0n) is 13.6. The predicted molar refractivity (Wildman–Crippen MR) is 107 cm³/mol. The van der Waals surface area contributed by atoms with Crippen molar-refractivity contribution in [1.82, 2.24) is 4.98 Å². The third kappa shape index (κ3) is 2.83. The molecule has 1 aromatic heterocycles. The lowest BCUT2D eigenvalue weighted by Crippen LogP contribution is -2.37. The van der Waals surface area contributed by atoms with Crippen LogP contribution in [0.2, 0.25) is 10.0 Å². The molecule has 4 nitrogen and oxygen atoms in total. The van der Waals surface area contributed by atoms with E-state index in [0.717, 1.165) is 32.4 Å². The number of hydrogen-bond donors (Lipinski definition) is 1. The molecule has 27 heavy (non-hydrogen) atoms. The molecule has 3 heterocycles. The van der Waals surface area contributed by atoms with E-state index in [0.29, 0.717) is 15.8 Å². The molecule has 0 unspecified atom stereocenters. The number of aromatic amines is 1. The minimum absolute atomic E-state index is 0.134. The van der Waals surface area contributed by atoms with Crippen molar-refractivity contribution in [3.05, 3.63) is 78.2 Å². The lowest BCUT2D eigenvalue weighted by molar-refractivity contribution is -0.140. The van der Waals surface area contributed by atoms with Crippen molar-refractivity contribution in [2.24, 2.45) is 5.92 Å². The summed E-state index contributed by atoms with van der Waals surface area (Å²) in [5.74, 6) is -0.533. The van der Waals surface area contributed by atoms with Gasteiger partial charge in [-0.15, -0.1) is 0 Å². The SMILES string of the molecule is O=C1Oc2ccc(Cl)cc2[C@H]2c3sc(=O)[nH]c3S[C@@H](c3ccc(Cl)cc3)[C@@H]12. The first-order valence-corrected chi connectivity index (χ1v) is 10.6. The summed E-state index contributed by atoms with van der Waals surface area (Å²) in [4.78, 5) is 28.7. The Morgan fingerprint density at radius 2 is 1.74 bits per heavy atom. The minimum Gasteiger partial charge on any atom is -0.426 e. The van der Waals surface area contributed by atoms with Gasteiger partial charge in [0.2, 0.25) is 0 Å². The third-order valence-corrected chi connectivity index (χ3v) is 7.80. The van der Waals surface area contributed by atoms with Gasteiger partial charge >= 0.3 is 10.8 Å². The van der Waals surface area contributed by atoms with Crippen LogP contribution >= 0.6 is 46.3 Å². The molecule has 0 amide bonds. The van der Waals surface area contributed by atoms with Gasteiger partial charge in [-0.05, 0) is 35.9 Å². The molecule has 3 atom stereocenters. The average molecular weight is 436 g/mol. The first-order valence-electron chi connectivity index (χ1n) is 8.17. The van der Waals surface area contributed by atoms with Crippen LogP contribution in [-0.2, 0) is 4.79 Å². The largest absolute Gasteiger partial charge is 0.426 e. The monoisotopic (exact) mass is 435 g/mol. The number of ether oxygens (including phenoxy) is 1. The fourth-order valence-electron chi connectivity index (χ4n) is 3.71. The van der Waals surface area contributed by atoms with Crippen molar-refractivity contribution in [2.45, 2.75) is 16.2 Å². The van der Waals surface area contributed by atoms with Crippen LogP contribution in [-0.4, -0.2) is 11.0 Å². The highest BCUT2D eigenvalue weighted by Gasteiger charge is 2.49. The summed E-state index contributed by atoms with van der Waals surface area (Å²) < 4.78 is 5.63. The summed E-state index contributed by atoms with van der Waals surface area (Å²) in [5, 5.41) is 1.79. The van der Waals surface area contributed by atoms with Crippen molar-refractivity contribution in [3.63, 3.8) is 0 Å². The maximum absolute atomic E-state index is 13.0. The number of esters is 1. The predicted octanol–water partition coefficient (Wildman–Crippen LogP) is 5.26. The van der Waals surface area contributed by atoms with Crippen LogP contribution in [0.25, 0.3) is 0 Å². The van der Waals surface area contributed by atoms with Gasteiger partial charge in [0.15, 0.2) is 0 Å². The molecule has 0 spiro atoms. The smallest absolute Gasteiger partial charge is 0.316 e. The average Bonchev–Trinajstić information content (AvgIpc) is 3.02. The van der Waals surface area contributed by atoms with E-state index in [2.05, 4.69) is 4.98 Å². The summed E-state index contributed by atoms with van der Waals surface area (Å²) in [6, 6.07) is 12.7. The number of nitrogens with one attached hydrogen (secondary N) is 1. The van der Waals surface area contributed by atoms with Gasteiger partial charge in [-0.1, -0.05) is 58.4 Å². The number of benzene rings is 2. The summed E-state index contributed by atoms with van der Waals surface area (Å²) >= 11 is 14.9. The maximum atomic E-state index is 13.0. The molecular formula is C19H11Cl2NO3S2. The lowest BCUT2D eigenvalue weighted by atomic mass is 9.78. The van der Waals surface area contributed by atoms with Crippen LogP contribution in [0.1, 0.15) is 27.2 Å². The van der Waals surface area contributed by atoms with E-state index in [9.17, 15) is 9.59 Å². The summed E-state index contributed by atoms with van der Waals surface area (Å²) in [6.45, 7) is 0. The molecule has 8 heteroatoms. The van der Waals surface area contributed by atoms with Crippen LogP contribution in [0.3, 0.4) is 0 Å². The number of thiazole rings is 1. The molecule has 0 radical (unpaired) electrons. The van der Waals surface area contributed by atoms with E-state index in [1.165, 1.54) is 11.8 Å². The number of carbonyl (C=O) groups is 1. The maximum Gasteiger partial charge on any atom is 0.316 e. The molecule has 2 aliphatic heterocycles. The fourth-order valence-corrected chi connectivity index (χ4v) is 6.60. The van der Waals surface area contributed by atoms with Crippen LogP contribution in [0.5, 0.6) is 5.75 Å². The molecule has 0 fully saturated rings. The number of fused-ring (bicyclic) bond motifs is 5. The zero-order chi connectivity index (χ0) is 18.7. The fraction of sp³-hybridized carbons (Fsp3) is 0.158. The van der Waals surface area contributed by atoms with Crippen molar-refractivity contribution in [1.29, 1.82) is 0 Å². The van der Waals surface area contributed by atoms with Crippen molar-refractivity contribution in [2.75, 3.05) is 0 Å². The van der Waals surface area contributed by atoms with E-state index >= 15 is 0 Å². The molecule has 0 aliphatic carbocycles. The molecule has 0 bridgehead atoms. The number of hydrogen-bond acceptors (Lipinski definition) is 5. The zero-order valence-corrected chi connectivity index (χ0v) is 16.7. The van der Waals surface area contributed by atoms with Gasteiger partial charge in [0.1, 0.15) is 5.75 Å². The van der Waals surface area contributed by atoms with Crippen LogP contribution in [0.4, 0.5) is 0 Å². The number of carbonyl (C=O) groups excluding carboxylic acids is 1. The highest BCUT2D eigenvalue weighted by Crippen LogP contribution is 2.58. The van der Waals surface area contributed by atoms with Gasteiger partial charge in [0.25, 0.3) is 0 Å². The quantitative estimate of drug-likeness (QED) is 0.418. The van der Waals surface area contributed by atoms with Crippen LogP contribution in [0.15, 0.2) is 52.3 Å². The minimum atomic E-state index is -0.457. The molecule has 0 saturated carbocycles. The Morgan fingerprint density at radius 1 is 1.00 bits per heavy atom. The molecule has 136 valence electrons. The molecule has 2 aromatic carbocycles. The first kappa shape index (κ1) is 17.4. The molecule has 1 N–H and O–H groups in total. The second kappa shape index (κ2) is 6.41. The molecule has 2 aliphatic rings. The Balaban J connectivity index is 1.74. The van der Waals surface area contributed by atoms with Crippen molar-refractivity contribution >= 4 is 52.3 Å². The number of rotatable bonds is 1. The Hall–Kier alpha value is -1.73. The lowest BCUT2D eigenvalue weighted by Gasteiger charge is -2.39. The second-order valence-corrected chi connectivity index (χ2v) is 9.44. The van der Waals surface area contributed by atoms with Gasteiger partial charge in [-0.25, -0.2) is 0 Å². The summed E-state index contributed by atoms with van der Waals surface area (Å²) in [5.41, 5.74) is 1.79. The highest BCUT2D eigenvalue weighted by molar-refractivity contribution is 7.99. The first-order chi connectivity index (χ1) is 13.0. The molecular weight excluding hydrogens is 425 g/mol. The number of thioether (sulfide) groups is 1. The normalized spacial score (nSPS) is 23.2. The van der Waals surface area contributed by atoms with Crippen molar-refractivity contribution < 1.29 is 9.53 Å². The van der Waals surface area contributed by atoms with Gasteiger partial charge < -0.3 is 9.72 Å². The standard InChI is InChI=1S/C19H11Cl2NO3S2/c20-9-3-1-8(2-4-9)15-14-13(16-17(26-15)22-19(24)27-16)11-7-10(21)5-6-12(11)25-18(14)23/h1-7,13-15H,(H,22,24)/t13-,14+,15+/m1/s1. The van der Waals surface area contributed by atoms with E-state index in [-0.39, 0.29) is 22.0 Å². The highest BCUT2D eigenvalue weighted by atomic mass is 35.5. The Kier molecular flexibility index (Phi) is 4.13. The topological polar surface area (TPSA) is 59.2 Å². The number of halogens is 2. The van der Waals surface area contributed by atoms with Gasteiger partial charge in [-0.3, -0.25) is 9.59 Å². The Labute approximate surface area is 172 Å². The van der Waals surface area contributed by atoms with Gasteiger partial charge in [0, 0.05) is 26.4 Å². The van der Waals surface area contributed by atoms with E-state index in [1.54, 1.807) is 24.3 Å². The van der Waals surface area contributed by atoms with Gasteiger partial charge in [-0.2, -0.15) is 0 Å². The molecule has 3 aromatic rings. The van der Waals surface area contributed by atoms with E-state index < -0.39 is 5.92 Å². The Morgan fingerprint density at radius 3 is 2.52 bits per heavy atom. The van der Waals surface area contributed by atoms with Crippen LogP contribution < -0.4 is 9.61 Å². The second-order valence-electron chi connectivity index (χ2n) is 6.40. The van der Waals surface area contributed by atoms with E-state index in [4.69, 9.17) is 27.9 Å². The van der Waals surface area contributed by atoms with Crippen LogP contribution in [0, 0.1) is 5.92 Å². The third-order valence-electron chi connectivity index (χ3n) is 4.84. The van der Waals surface area contributed by atoms with Gasteiger partial charge in [0.05, 0.1) is 16.2 Å². The Bertz CT molecular complexity index is 1120. The number of aromatic nitrogens is 1. The van der Waals surface area contributed by atoms with E-state index in [1.807, 2.05) is 18.2 Å². The van der Waals surface area contributed by atoms with Crippen molar-refractivity contribution in [3.8, 4) is 5.75 Å². The summed E-state index contributed by atoms with van der Waals surface area (Å²) in [6.07, 6.45) is 0. The molecule has 0 saturated heterocycles. The molecule has 5 rings (SSSR count).